The molecule has 1 N–H and O–H groups in total. The Labute approximate surface area is 140 Å². The maximum atomic E-state index is 12.6. The molecular weight excluding hydrogens is 367 g/mol. The second-order valence-electron chi connectivity index (χ2n) is 5.33. The molecule has 2 rings (SSSR count). The second kappa shape index (κ2) is 6.86. The molecule has 1 heterocycles. The van der Waals surface area contributed by atoms with Gasteiger partial charge in [0.1, 0.15) is 5.69 Å². The zero-order chi connectivity index (χ0) is 18.8. The number of nitrogens with zero attached hydrogens (tertiary/aromatic N) is 2. The molecule has 8 nitrogen and oxygen atoms in total. The lowest BCUT2D eigenvalue weighted by Crippen LogP contribution is -2.33. The summed E-state index contributed by atoms with van der Waals surface area (Å²) in [7, 11) is -5.70. The first-order valence-corrected chi connectivity index (χ1v) is 8.64. The molecule has 1 aromatic rings. The van der Waals surface area contributed by atoms with Crippen molar-refractivity contribution in [2.75, 3.05) is 25.0 Å². The van der Waals surface area contributed by atoms with Gasteiger partial charge in [-0.05, 0) is 25.0 Å². The molecule has 0 bridgehead atoms. The zero-order valence-electron chi connectivity index (χ0n) is 12.7. The Bertz CT molecular complexity index is 789. The molecule has 1 aliphatic heterocycles. The largest absolute Gasteiger partial charge is 0.501 e. The predicted molar refractivity (Wildman–Crippen MR) is 80.6 cm³/mol. The minimum absolute atomic E-state index is 0.237. The number of benzene rings is 1. The van der Waals surface area contributed by atoms with Gasteiger partial charge in [-0.2, -0.15) is 13.2 Å². The van der Waals surface area contributed by atoms with E-state index in [1.165, 1.54) is 0 Å². The van der Waals surface area contributed by atoms with Gasteiger partial charge in [0.2, 0.25) is 5.91 Å². The van der Waals surface area contributed by atoms with Crippen molar-refractivity contribution in [1.82, 2.24) is 4.90 Å². The Balaban J connectivity index is 2.25. The Morgan fingerprint density at radius 1 is 1.28 bits per heavy atom. The highest BCUT2D eigenvalue weighted by Crippen LogP contribution is 2.34. The van der Waals surface area contributed by atoms with Crippen LogP contribution in [-0.4, -0.2) is 49.3 Å². The fraction of sp³-hybridized carbons (Fsp3) is 0.462. The quantitative estimate of drug-likeness (QED) is 0.616. The number of nitro groups is 1. The van der Waals surface area contributed by atoms with Crippen LogP contribution in [0, 0.1) is 10.1 Å². The van der Waals surface area contributed by atoms with E-state index in [0.717, 1.165) is 18.9 Å². The van der Waals surface area contributed by atoms with Gasteiger partial charge in [-0.15, -0.1) is 0 Å². The highest BCUT2D eigenvalue weighted by atomic mass is 32.2. The van der Waals surface area contributed by atoms with Crippen LogP contribution in [0.5, 0.6) is 0 Å². The maximum absolute atomic E-state index is 12.6. The Morgan fingerprint density at radius 2 is 1.88 bits per heavy atom. The lowest BCUT2D eigenvalue weighted by atomic mass is 10.2. The normalized spacial score (nSPS) is 15.2. The summed E-state index contributed by atoms with van der Waals surface area (Å²) < 4.78 is 60.4. The number of rotatable bonds is 5. The molecule has 0 spiro atoms. The van der Waals surface area contributed by atoms with Crippen LogP contribution in [0.15, 0.2) is 23.1 Å². The number of hydrogen-bond donors (Lipinski definition) is 1. The van der Waals surface area contributed by atoms with E-state index in [1.54, 1.807) is 4.90 Å². The first kappa shape index (κ1) is 19.0. The number of sulfone groups is 1. The van der Waals surface area contributed by atoms with Crippen LogP contribution >= 0.6 is 0 Å². The van der Waals surface area contributed by atoms with Crippen LogP contribution < -0.4 is 5.32 Å². The van der Waals surface area contributed by atoms with Gasteiger partial charge in [0.05, 0.1) is 16.4 Å². The molecule has 0 aliphatic carbocycles. The van der Waals surface area contributed by atoms with Crippen molar-refractivity contribution in [2.24, 2.45) is 0 Å². The average Bonchev–Trinajstić information content (AvgIpc) is 3.05. The number of nitrogens with one attached hydrogen (secondary N) is 1. The molecule has 1 aliphatic rings. The van der Waals surface area contributed by atoms with Gasteiger partial charge in [0.15, 0.2) is 0 Å². The summed E-state index contributed by atoms with van der Waals surface area (Å²) in [6, 6.07) is 1.78. The molecule has 1 fully saturated rings. The van der Waals surface area contributed by atoms with Gasteiger partial charge >= 0.3 is 5.51 Å². The summed E-state index contributed by atoms with van der Waals surface area (Å²) in [5.41, 5.74) is -6.67. The van der Waals surface area contributed by atoms with Crippen molar-refractivity contribution in [3.63, 3.8) is 0 Å². The van der Waals surface area contributed by atoms with Crippen LogP contribution in [-0.2, 0) is 14.6 Å². The third kappa shape index (κ3) is 4.00. The van der Waals surface area contributed by atoms with Crippen LogP contribution in [0.25, 0.3) is 0 Å². The van der Waals surface area contributed by atoms with Crippen molar-refractivity contribution in [1.29, 1.82) is 0 Å². The van der Waals surface area contributed by atoms with E-state index >= 15 is 0 Å². The molecule has 138 valence electrons. The number of anilines is 1. The van der Waals surface area contributed by atoms with Crippen molar-refractivity contribution in [3.8, 4) is 0 Å². The fourth-order valence-electron chi connectivity index (χ4n) is 2.36. The Kier molecular flexibility index (Phi) is 5.20. The van der Waals surface area contributed by atoms with E-state index in [1.807, 2.05) is 0 Å². The van der Waals surface area contributed by atoms with Gasteiger partial charge in [-0.3, -0.25) is 14.9 Å². The van der Waals surface area contributed by atoms with E-state index in [-0.39, 0.29) is 18.1 Å². The number of halogens is 3. The number of nitro benzene ring substituents is 1. The van der Waals surface area contributed by atoms with E-state index in [4.69, 9.17) is 0 Å². The van der Waals surface area contributed by atoms with Crippen molar-refractivity contribution < 1.29 is 31.3 Å². The van der Waals surface area contributed by atoms with E-state index in [2.05, 4.69) is 5.32 Å². The van der Waals surface area contributed by atoms with Crippen molar-refractivity contribution in [2.45, 2.75) is 23.2 Å². The van der Waals surface area contributed by atoms with Gasteiger partial charge < -0.3 is 10.2 Å². The number of hydrogen-bond acceptors (Lipinski definition) is 6. The van der Waals surface area contributed by atoms with E-state index in [9.17, 15) is 36.5 Å². The molecule has 0 radical (unpaired) electrons. The zero-order valence-corrected chi connectivity index (χ0v) is 13.6. The lowest BCUT2D eigenvalue weighted by Gasteiger charge is -2.16. The summed E-state index contributed by atoms with van der Waals surface area (Å²) in [5, 5.41) is 13.5. The van der Waals surface area contributed by atoms with Crippen LogP contribution in [0.1, 0.15) is 12.8 Å². The summed E-state index contributed by atoms with van der Waals surface area (Å²) in [6.45, 7) is 0.864. The smallest absolute Gasteiger partial charge is 0.371 e. The monoisotopic (exact) mass is 381 g/mol. The molecule has 25 heavy (non-hydrogen) atoms. The van der Waals surface area contributed by atoms with Crippen molar-refractivity contribution in [3.05, 3.63) is 28.3 Å². The minimum atomic E-state index is -5.70. The first-order chi connectivity index (χ1) is 11.5. The number of amides is 1. The lowest BCUT2D eigenvalue weighted by molar-refractivity contribution is -0.384. The van der Waals surface area contributed by atoms with Gasteiger partial charge in [-0.25, -0.2) is 8.42 Å². The summed E-state index contributed by atoms with van der Waals surface area (Å²) in [5.74, 6) is -0.307. The van der Waals surface area contributed by atoms with Crippen LogP contribution in [0.2, 0.25) is 0 Å². The van der Waals surface area contributed by atoms with E-state index in [0.29, 0.717) is 25.2 Å². The third-order valence-corrected chi connectivity index (χ3v) is 5.15. The van der Waals surface area contributed by atoms with Crippen molar-refractivity contribution >= 4 is 27.1 Å². The summed E-state index contributed by atoms with van der Waals surface area (Å²) >= 11 is 0. The number of likely N-dealkylation sites (tertiary alicyclic amines) is 1. The summed E-state index contributed by atoms with van der Waals surface area (Å²) in [6.07, 6.45) is 1.71. The Morgan fingerprint density at radius 3 is 2.40 bits per heavy atom. The maximum Gasteiger partial charge on any atom is 0.501 e. The van der Waals surface area contributed by atoms with Crippen LogP contribution in [0.3, 0.4) is 0 Å². The fourth-order valence-corrected chi connectivity index (χ4v) is 3.14. The Hall–Kier alpha value is -2.37. The summed E-state index contributed by atoms with van der Waals surface area (Å²) in [4.78, 5) is 22.3. The molecular formula is C13H14F3N3O5S. The third-order valence-electron chi connectivity index (χ3n) is 3.67. The molecule has 0 atom stereocenters. The standard InChI is InChI=1S/C13H14F3N3O5S/c14-13(15,16)25(23,24)9-3-4-10(11(7-9)19(21)22)17-8-12(20)18-5-1-2-6-18/h3-4,7,17H,1-2,5-6,8H2. The van der Waals surface area contributed by atoms with Gasteiger partial charge in [0.25, 0.3) is 15.5 Å². The number of carbonyl (C=O) groups excluding carboxylic acids is 1. The molecule has 0 unspecified atom stereocenters. The molecule has 1 amide bonds. The highest BCUT2D eigenvalue weighted by Gasteiger charge is 2.47. The van der Waals surface area contributed by atoms with Gasteiger partial charge in [-0.1, -0.05) is 0 Å². The SMILES string of the molecule is O=C(CNc1ccc(S(=O)(=O)C(F)(F)F)cc1[N+](=O)[O-])N1CCCC1. The second-order valence-corrected chi connectivity index (χ2v) is 7.27. The molecule has 1 aromatic carbocycles. The number of carbonyl (C=O) groups is 1. The number of alkyl halides is 3. The molecule has 0 saturated carbocycles. The first-order valence-electron chi connectivity index (χ1n) is 7.15. The molecule has 12 heteroatoms. The minimum Gasteiger partial charge on any atom is -0.371 e. The topological polar surface area (TPSA) is 110 Å². The van der Waals surface area contributed by atoms with Gasteiger partial charge in [0, 0.05) is 19.2 Å². The molecule has 1 saturated heterocycles. The predicted octanol–water partition coefficient (Wildman–Crippen LogP) is 1.92. The van der Waals surface area contributed by atoms with E-state index < -0.39 is 30.9 Å². The van der Waals surface area contributed by atoms with Crippen LogP contribution in [0.4, 0.5) is 24.5 Å². The average molecular weight is 381 g/mol. The highest BCUT2D eigenvalue weighted by molar-refractivity contribution is 7.92. The molecule has 0 aromatic heterocycles.